The summed E-state index contributed by atoms with van der Waals surface area (Å²) in [5, 5.41) is 0. The molecule has 0 unspecified atom stereocenters. The average Bonchev–Trinajstić information content (AvgIpc) is 2.41. The smallest absolute Gasteiger partial charge is 0.333 e. The summed E-state index contributed by atoms with van der Waals surface area (Å²) in [6.07, 6.45) is 5.68. The number of aromatic nitrogens is 1. The van der Waals surface area contributed by atoms with Crippen LogP contribution in [0, 0.1) is 12.3 Å². The molecule has 1 heterocycles. The monoisotopic (exact) mass is 291 g/mol. The number of hydrogen-bond acceptors (Lipinski definition) is 3. The van der Waals surface area contributed by atoms with E-state index in [4.69, 9.17) is 4.84 Å². The van der Waals surface area contributed by atoms with Crippen molar-refractivity contribution in [2.24, 2.45) is 5.41 Å². The third-order valence-electron chi connectivity index (χ3n) is 3.97. The number of hydrogen-bond donors (Lipinski definition) is 0. The largest absolute Gasteiger partial charge is 0.338 e. The summed E-state index contributed by atoms with van der Waals surface area (Å²) in [6, 6.07) is 3.50. The zero-order valence-electron chi connectivity index (χ0n) is 13.4. The van der Waals surface area contributed by atoms with E-state index in [0.29, 0.717) is 5.92 Å². The fourth-order valence-corrected chi connectivity index (χ4v) is 2.71. The molecule has 1 aromatic rings. The lowest BCUT2D eigenvalue weighted by molar-refractivity contribution is -0.154. The highest BCUT2D eigenvalue weighted by Gasteiger charge is 2.27. The molecule has 4 nitrogen and oxygen atoms in total. The molecule has 116 valence electrons. The van der Waals surface area contributed by atoms with Crippen LogP contribution in [0.25, 0.3) is 0 Å². The van der Waals surface area contributed by atoms with Crippen LogP contribution in [0.3, 0.4) is 0 Å². The van der Waals surface area contributed by atoms with Gasteiger partial charge in [-0.3, -0.25) is 4.79 Å². The van der Waals surface area contributed by atoms with Gasteiger partial charge in [0.05, 0.1) is 11.1 Å². The summed E-state index contributed by atoms with van der Waals surface area (Å²) in [4.78, 5) is 29.8. The molecule has 1 aliphatic carbocycles. The molecule has 1 saturated carbocycles. The molecule has 1 fully saturated rings. The zero-order chi connectivity index (χ0) is 15.6. The lowest BCUT2D eigenvalue weighted by atomic mass is 9.86. The van der Waals surface area contributed by atoms with E-state index in [-0.39, 0.29) is 11.5 Å². The van der Waals surface area contributed by atoms with E-state index in [9.17, 15) is 9.59 Å². The van der Waals surface area contributed by atoms with Gasteiger partial charge in [-0.05, 0) is 52.2 Å². The Morgan fingerprint density at radius 2 is 1.81 bits per heavy atom. The van der Waals surface area contributed by atoms with Crippen molar-refractivity contribution >= 4 is 5.97 Å². The van der Waals surface area contributed by atoms with E-state index in [1.165, 1.54) is 30.1 Å². The van der Waals surface area contributed by atoms with E-state index in [1.807, 2.05) is 13.0 Å². The highest BCUT2D eigenvalue weighted by molar-refractivity contribution is 5.75. The van der Waals surface area contributed by atoms with Crippen LogP contribution in [-0.2, 0) is 4.79 Å². The molecule has 0 radical (unpaired) electrons. The lowest BCUT2D eigenvalue weighted by Gasteiger charge is -2.26. The van der Waals surface area contributed by atoms with Crippen LogP contribution in [0.2, 0.25) is 0 Å². The molecule has 0 aromatic carbocycles. The van der Waals surface area contributed by atoms with Crippen molar-refractivity contribution in [3.05, 3.63) is 33.7 Å². The molecular formula is C17H25NO3. The minimum absolute atomic E-state index is 0.256. The van der Waals surface area contributed by atoms with Gasteiger partial charge in [-0.2, -0.15) is 0 Å². The molecule has 1 aliphatic rings. The van der Waals surface area contributed by atoms with Crippen LogP contribution in [-0.4, -0.2) is 10.7 Å². The van der Waals surface area contributed by atoms with Crippen LogP contribution >= 0.6 is 0 Å². The third-order valence-corrected chi connectivity index (χ3v) is 3.97. The molecule has 0 bridgehead atoms. The number of carbonyl (C=O) groups excluding carboxylic acids is 1. The molecule has 0 saturated heterocycles. The Morgan fingerprint density at radius 1 is 1.19 bits per heavy atom. The lowest BCUT2D eigenvalue weighted by Crippen LogP contribution is -2.39. The second kappa shape index (κ2) is 6.04. The van der Waals surface area contributed by atoms with Gasteiger partial charge in [0.15, 0.2) is 0 Å². The van der Waals surface area contributed by atoms with Gasteiger partial charge in [0.2, 0.25) is 0 Å². The minimum atomic E-state index is -0.631. The summed E-state index contributed by atoms with van der Waals surface area (Å²) < 4.78 is 1.22. The Kier molecular flexibility index (Phi) is 4.55. The van der Waals surface area contributed by atoms with E-state index < -0.39 is 5.41 Å². The van der Waals surface area contributed by atoms with Gasteiger partial charge < -0.3 is 4.84 Å². The van der Waals surface area contributed by atoms with Gasteiger partial charge in [0.25, 0.3) is 5.56 Å². The number of aryl methyl sites for hydroxylation is 1. The first-order valence-electron chi connectivity index (χ1n) is 7.75. The van der Waals surface area contributed by atoms with E-state index >= 15 is 0 Å². The first-order chi connectivity index (χ1) is 9.79. The second-order valence-electron chi connectivity index (χ2n) is 7.05. The van der Waals surface area contributed by atoms with Crippen LogP contribution in [0.15, 0.2) is 16.9 Å². The average molecular weight is 291 g/mol. The zero-order valence-corrected chi connectivity index (χ0v) is 13.4. The molecule has 1 aromatic heterocycles. The predicted molar refractivity (Wildman–Crippen MR) is 82.3 cm³/mol. The molecule has 0 N–H and O–H groups in total. The first kappa shape index (κ1) is 15.8. The summed E-state index contributed by atoms with van der Waals surface area (Å²) in [5.74, 6) is -0.0790. The third kappa shape index (κ3) is 3.74. The number of pyridine rings is 1. The maximum absolute atomic E-state index is 12.3. The molecule has 0 aliphatic heterocycles. The van der Waals surface area contributed by atoms with Crippen molar-refractivity contribution in [1.29, 1.82) is 0 Å². The van der Waals surface area contributed by atoms with Crippen LogP contribution in [0.5, 0.6) is 0 Å². The van der Waals surface area contributed by atoms with Gasteiger partial charge >= 0.3 is 5.97 Å². The SMILES string of the molecule is Cc1cc(C2CCCCC2)n(OC(=O)C(C)(C)C)c(=O)c1. The maximum atomic E-state index is 12.3. The minimum Gasteiger partial charge on any atom is -0.333 e. The topological polar surface area (TPSA) is 48.3 Å². The van der Waals surface area contributed by atoms with Crippen LogP contribution < -0.4 is 10.4 Å². The number of nitrogens with zero attached hydrogens (tertiary/aromatic N) is 1. The van der Waals surface area contributed by atoms with Crippen molar-refractivity contribution < 1.29 is 9.63 Å². The standard InChI is InChI=1S/C17H25NO3/c1-12-10-14(13-8-6-5-7-9-13)18(15(19)11-12)21-16(20)17(2,3)4/h10-11,13H,5-9H2,1-4H3. The van der Waals surface area contributed by atoms with Crippen molar-refractivity contribution in [2.75, 3.05) is 0 Å². The van der Waals surface area contributed by atoms with Gasteiger partial charge in [0, 0.05) is 12.0 Å². The fraction of sp³-hybridized carbons (Fsp3) is 0.647. The maximum Gasteiger partial charge on any atom is 0.338 e. The summed E-state index contributed by atoms with van der Waals surface area (Å²) in [6.45, 7) is 7.27. The Balaban J connectivity index is 2.39. The fourth-order valence-electron chi connectivity index (χ4n) is 2.71. The van der Waals surface area contributed by atoms with Crippen molar-refractivity contribution in [3.63, 3.8) is 0 Å². The molecule has 0 atom stereocenters. The Morgan fingerprint density at radius 3 is 2.38 bits per heavy atom. The predicted octanol–water partition coefficient (Wildman–Crippen LogP) is 3.21. The Bertz CT molecular complexity index is 575. The molecule has 0 spiro atoms. The second-order valence-corrected chi connectivity index (χ2v) is 7.05. The Hall–Kier alpha value is -1.58. The highest BCUT2D eigenvalue weighted by atomic mass is 16.7. The highest BCUT2D eigenvalue weighted by Crippen LogP contribution is 2.32. The molecule has 0 amide bonds. The normalized spacial score (nSPS) is 16.8. The van der Waals surface area contributed by atoms with Gasteiger partial charge in [-0.1, -0.05) is 19.3 Å². The molecule has 4 heteroatoms. The van der Waals surface area contributed by atoms with Crippen molar-refractivity contribution in [2.45, 2.75) is 65.7 Å². The quantitative estimate of drug-likeness (QED) is 0.840. The molecular weight excluding hydrogens is 266 g/mol. The van der Waals surface area contributed by atoms with Gasteiger partial charge in [0.1, 0.15) is 0 Å². The van der Waals surface area contributed by atoms with Crippen LogP contribution in [0.1, 0.15) is 70.1 Å². The van der Waals surface area contributed by atoms with E-state index in [1.54, 1.807) is 20.8 Å². The number of rotatable bonds is 2. The molecule has 21 heavy (non-hydrogen) atoms. The summed E-state index contributed by atoms with van der Waals surface area (Å²) in [5.41, 5.74) is 0.878. The van der Waals surface area contributed by atoms with Crippen molar-refractivity contribution in [3.8, 4) is 0 Å². The summed E-state index contributed by atoms with van der Waals surface area (Å²) in [7, 11) is 0. The van der Waals surface area contributed by atoms with E-state index in [2.05, 4.69) is 0 Å². The van der Waals surface area contributed by atoms with E-state index in [0.717, 1.165) is 24.1 Å². The summed E-state index contributed by atoms with van der Waals surface area (Å²) >= 11 is 0. The Labute approximate surface area is 126 Å². The van der Waals surface area contributed by atoms with Gasteiger partial charge in [-0.25, -0.2) is 4.79 Å². The van der Waals surface area contributed by atoms with Gasteiger partial charge in [-0.15, -0.1) is 4.73 Å². The number of carbonyl (C=O) groups is 1. The van der Waals surface area contributed by atoms with Crippen LogP contribution in [0.4, 0.5) is 0 Å². The molecule has 2 rings (SSSR count). The first-order valence-corrected chi connectivity index (χ1v) is 7.75. The van der Waals surface area contributed by atoms with Crippen molar-refractivity contribution in [1.82, 2.24) is 4.73 Å².